The molecule has 0 atom stereocenters. The quantitative estimate of drug-likeness (QED) is 0.399. The molecular weight excluding hydrogens is 531 g/mol. The molecular formula is C28H33BrF3N3O. The lowest BCUT2D eigenvalue weighted by molar-refractivity contribution is -0.137. The van der Waals surface area contributed by atoms with Crippen LogP contribution in [0, 0.1) is 0 Å². The van der Waals surface area contributed by atoms with Gasteiger partial charge in [0.05, 0.1) is 5.56 Å². The van der Waals surface area contributed by atoms with Crippen molar-refractivity contribution in [3.05, 3.63) is 75.8 Å². The van der Waals surface area contributed by atoms with E-state index in [0.717, 1.165) is 61.2 Å². The predicted molar refractivity (Wildman–Crippen MR) is 140 cm³/mol. The summed E-state index contributed by atoms with van der Waals surface area (Å²) in [5.74, 6) is -0.115. The lowest BCUT2D eigenvalue weighted by Crippen LogP contribution is -2.51. The van der Waals surface area contributed by atoms with E-state index in [2.05, 4.69) is 32.8 Å². The molecule has 0 spiro atoms. The van der Waals surface area contributed by atoms with Gasteiger partial charge in [0.2, 0.25) is 5.91 Å². The van der Waals surface area contributed by atoms with Gasteiger partial charge >= 0.3 is 6.18 Å². The van der Waals surface area contributed by atoms with Crippen molar-refractivity contribution in [3.63, 3.8) is 0 Å². The molecule has 1 amide bonds. The van der Waals surface area contributed by atoms with Gasteiger partial charge < -0.3 is 14.7 Å². The molecule has 2 fully saturated rings. The number of nitrogens with zero attached hydrogens (tertiary/aromatic N) is 3. The van der Waals surface area contributed by atoms with Crippen molar-refractivity contribution in [3.8, 4) is 0 Å². The molecule has 0 bridgehead atoms. The van der Waals surface area contributed by atoms with Gasteiger partial charge in [-0.1, -0.05) is 40.2 Å². The van der Waals surface area contributed by atoms with Crippen LogP contribution in [0.3, 0.4) is 0 Å². The number of hydrogen-bond donors (Lipinski definition) is 0. The zero-order chi connectivity index (χ0) is 25.7. The molecule has 36 heavy (non-hydrogen) atoms. The van der Waals surface area contributed by atoms with Gasteiger partial charge in [-0.3, -0.25) is 4.79 Å². The zero-order valence-corrected chi connectivity index (χ0v) is 22.1. The zero-order valence-electron chi connectivity index (χ0n) is 20.6. The van der Waals surface area contributed by atoms with Gasteiger partial charge in [-0.05, 0) is 87.3 Å². The number of likely N-dealkylation sites (tertiary alicyclic amines) is 2. The van der Waals surface area contributed by atoms with E-state index in [-0.39, 0.29) is 11.9 Å². The lowest BCUT2D eigenvalue weighted by atomic mass is 9.96. The summed E-state index contributed by atoms with van der Waals surface area (Å²) in [6, 6.07) is 13.6. The topological polar surface area (TPSA) is 26.8 Å². The fourth-order valence-corrected chi connectivity index (χ4v) is 5.41. The first kappa shape index (κ1) is 26.9. The van der Waals surface area contributed by atoms with Gasteiger partial charge in [0.15, 0.2) is 0 Å². The van der Waals surface area contributed by atoms with Crippen molar-refractivity contribution in [1.29, 1.82) is 0 Å². The van der Waals surface area contributed by atoms with Crippen LogP contribution in [0.4, 0.5) is 13.2 Å². The lowest BCUT2D eigenvalue weighted by Gasteiger charge is -2.43. The Kier molecular flexibility index (Phi) is 8.91. The minimum absolute atomic E-state index is 0.115. The third kappa shape index (κ3) is 7.20. The summed E-state index contributed by atoms with van der Waals surface area (Å²) < 4.78 is 39.5. The summed E-state index contributed by atoms with van der Waals surface area (Å²) in [6.07, 6.45) is 2.94. The monoisotopic (exact) mass is 563 g/mol. The number of carbonyl (C=O) groups is 1. The van der Waals surface area contributed by atoms with Crippen LogP contribution in [0.5, 0.6) is 0 Å². The van der Waals surface area contributed by atoms with Crippen LogP contribution in [-0.4, -0.2) is 65.9 Å². The maximum Gasteiger partial charge on any atom is 0.416 e. The molecule has 4 rings (SSSR count). The second kappa shape index (κ2) is 11.9. The van der Waals surface area contributed by atoms with Gasteiger partial charge in [-0.25, -0.2) is 0 Å². The highest BCUT2D eigenvalue weighted by molar-refractivity contribution is 9.10. The molecule has 0 saturated carbocycles. The van der Waals surface area contributed by atoms with E-state index >= 15 is 0 Å². The van der Waals surface area contributed by atoms with Crippen LogP contribution >= 0.6 is 15.9 Å². The molecule has 0 aliphatic carbocycles. The molecule has 0 radical (unpaired) electrons. The van der Waals surface area contributed by atoms with E-state index in [1.165, 1.54) is 31.1 Å². The van der Waals surface area contributed by atoms with E-state index in [1.54, 1.807) is 6.08 Å². The maximum absolute atomic E-state index is 13.4. The van der Waals surface area contributed by atoms with Gasteiger partial charge in [0.25, 0.3) is 0 Å². The Morgan fingerprint density at radius 1 is 0.972 bits per heavy atom. The number of carbonyl (C=O) groups excluding carboxylic acids is 1. The minimum Gasteiger partial charge on any atom is -0.332 e. The molecule has 2 aromatic rings. The Morgan fingerprint density at radius 3 is 2.17 bits per heavy atom. The summed E-state index contributed by atoms with van der Waals surface area (Å²) in [6.45, 7) is 4.72. The first-order chi connectivity index (χ1) is 17.2. The Balaban J connectivity index is 1.44. The summed E-state index contributed by atoms with van der Waals surface area (Å²) in [5.41, 5.74) is 0.920. The van der Waals surface area contributed by atoms with Crippen molar-refractivity contribution >= 4 is 27.9 Å². The molecule has 2 heterocycles. The Bertz CT molecular complexity index is 1020. The third-order valence-corrected chi connectivity index (χ3v) is 7.88. The van der Waals surface area contributed by atoms with E-state index in [1.807, 2.05) is 29.2 Å². The number of amides is 1. The standard InChI is InChI=1S/C28H33BrF3N3O/c1-33-16-12-25(13-17-33)34-18-14-26(15-19-34)35(20-22-4-9-24(29)10-5-22)27(36)11-6-21-2-7-23(8-3-21)28(30,31)32/h2-11,25-26H,12-20H2,1H3/b11-6+. The highest BCUT2D eigenvalue weighted by atomic mass is 79.9. The van der Waals surface area contributed by atoms with Crippen molar-refractivity contribution < 1.29 is 18.0 Å². The number of alkyl halides is 3. The molecule has 194 valence electrons. The van der Waals surface area contributed by atoms with Crippen LogP contribution in [-0.2, 0) is 17.5 Å². The summed E-state index contributed by atoms with van der Waals surface area (Å²) in [7, 11) is 2.17. The Hall–Kier alpha value is -2.16. The summed E-state index contributed by atoms with van der Waals surface area (Å²) >= 11 is 3.46. The Labute approximate surface area is 219 Å². The first-order valence-electron chi connectivity index (χ1n) is 12.5. The third-order valence-electron chi connectivity index (χ3n) is 7.35. The van der Waals surface area contributed by atoms with Crippen LogP contribution in [0.2, 0.25) is 0 Å². The largest absolute Gasteiger partial charge is 0.416 e. The predicted octanol–water partition coefficient (Wildman–Crippen LogP) is 6.07. The van der Waals surface area contributed by atoms with Gasteiger partial charge in [0, 0.05) is 42.3 Å². The second-order valence-corrected chi connectivity index (χ2v) is 10.8. The molecule has 2 aliphatic heterocycles. The molecule has 2 aromatic carbocycles. The highest BCUT2D eigenvalue weighted by Crippen LogP contribution is 2.29. The van der Waals surface area contributed by atoms with Crippen LogP contribution < -0.4 is 0 Å². The molecule has 0 N–H and O–H groups in total. The summed E-state index contributed by atoms with van der Waals surface area (Å²) in [5, 5.41) is 0. The van der Waals surface area contributed by atoms with E-state index in [0.29, 0.717) is 18.2 Å². The van der Waals surface area contributed by atoms with Crippen LogP contribution in [0.1, 0.15) is 42.4 Å². The van der Waals surface area contributed by atoms with E-state index < -0.39 is 11.7 Å². The number of piperidine rings is 2. The van der Waals surface area contributed by atoms with E-state index in [9.17, 15) is 18.0 Å². The number of rotatable bonds is 6. The normalized spacial score (nSPS) is 19.1. The fourth-order valence-electron chi connectivity index (χ4n) is 5.14. The Morgan fingerprint density at radius 2 is 1.58 bits per heavy atom. The maximum atomic E-state index is 13.4. The van der Waals surface area contributed by atoms with Gasteiger partial charge in [-0.2, -0.15) is 13.2 Å². The van der Waals surface area contributed by atoms with Crippen LogP contribution in [0.15, 0.2) is 59.1 Å². The minimum atomic E-state index is -4.37. The molecule has 0 unspecified atom stereocenters. The summed E-state index contributed by atoms with van der Waals surface area (Å²) in [4.78, 5) is 20.3. The van der Waals surface area contributed by atoms with E-state index in [4.69, 9.17) is 0 Å². The second-order valence-electron chi connectivity index (χ2n) is 9.85. The van der Waals surface area contributed by atoms with Crippen molar-refractivity contribution in [2.45, 2.75) is 50.5 Å². The smallest absolute Gasteiger partial charge is 0.332 e. The van der Waals surface area contributed by atoms with Crippen molar-refractivity contribution in [2.75, 3.05) is 33.2 Å². The number of benzene rings is 2. The SMILES string of the molecule is CN1CCC(N2CCC(N(Cc3ccc(Br)cc3)C(=O)/C=C/c3ccc(C(F)(F)F)cc3)CC2)CC1. The molecule has 4 nitrogen and oxygen atoms in total. The van der Waals surface area contributed by atoms with Gasteiger partial charge in [-0.15, -0.1) is 0 Å². The number of hydrogen-bond acceptors (Lipinski definition) is 3. The first-order valence-corrected chi connectivity index (χ1v) is 13.3. The van der Waals surface area contributed by atoms with Gasteiger partial charge in [0.1, 0.15) is 0 Å². The fraction of sp³-hybridized carbons (Fsp3) is 0.464. The molecule has 2 saturated heterocycles. The molecule has 0 aromatic heterocycles. The molecule has 8 heteroatoms. The highest BCUT2D eigenvalue weighted by Gasteiger charge is 2.32. The molecule has 2 aliphatic rings. The van der Waals surface area contributed by atoms with Crippen molar-refractivity contribution in [2.24, 2.45) is 0 Å². The average Bonchev–Trinajstić information content (AvgIpc) is 2.87. The number of halogens is 4. The van der Waals surface area contributed by atoms with Crippen molar-refractivity contribution in [1.82, 2.24) is 14.7 Å². The van der Waals surface area contributed by atoms with Crippen LogP contribution in [0.25, 0.3) is 6.08 Å². The average molecular weight is 564 g/mol.